The summed E-state index contributed by atoms with van der Waals surface area (Å²) in [5, 5.41) is 0. The van der Waals surface area contributed by atoms with E-state index in [9.17, 15) is 8.78 Å². The fourth-order valence-electron chi connectivity index (χ4n) is 4.58. The summed E-state index contributed by atoms with van der Waals surface area (Å²) in [6.45, 7) is 0. The molecule has 110 valence electrons. The first-order chi connectivity index (χ1) is 9.67. The van der Waals surface area contributed by atoms with E-state index in [1.165, 1.54) is 6.42 Å². The van der Waals surface area contributed by atoms with Crippen LogP contribution in [0.1, 0.15) is 63.4 Å². The minimum Gasteiger partial charge on any atom is -0.206 e. The van der Waals surface area contributed by atoms with Crippen LogP contribution in [0.25, 0.3) is 0 Å². The van der Waals surface area contributed by atoms with E-state index in [-0.39, 0.29) is 12.3 Å². The van der Waals surface area contributed by atoms with Gasteiger partial charge in [-0.15, -0.1) is 0 Å². The molecule has 2 saturated carbocycles. The predicted octanol–water partition coefficient (Wildman–Crippen LogP) is 5.71. The van der Waals surface area contributed by atoms with Crippen LogP contribution in [0.4, 0.5) is 8.78 Å². The Kier molecular flexibility index (Phi) is 3.83. The molecule has 0 heterocycles. The highest BCUT2D eigenvalue weighted by Crippen LogP contribution is 2.57. The average molecular weight is 278 g/mol. The summed E-state index contributed by atoms with van der Waals surface area (Å²) >= 11 is 0. The summed E-state index contributed by atoms with van der Waals surface area (Å²) in [6.07, 6.45) is 7.76. The van der Waals surface area contributed by atoms with Gasteiger partial charge in [0.2, 0.25) is 0 Å². The third-order valence-electron chi connectivity index (χ3n) is 5.56. The fourth-order valence-corrected chi connectivity index (χ4v) is 4.58. The Labute approximate surface area is 120 Å². The number of hydrogen-bond donors (Lipinski definition) is 0. The molecule has 0 aliphatic heterocycles. The van der Waals surface area contributed by atoms with Gasteiger partial charge in [0, 0.05) is 6.42 Å². The first-order valence-electron chi connectivity index (χ1n) is 8.10. The number of hydrogen-bond acceptors (Lipinski definition) is 0. The Morgan fingerprint density at radius 2 is 1.45 bits per heavy atom. The van der Waals surface area contributed by atoms with Crippen LogP contribution >= 0.6 is 0 Å². The van der Waals surface area contributed by atoms with Crippen LogP contribution in [0.15, 0.2) is 30.3 Å². The Morgan fingerprint density at radius 3 is 2.10 bits per heavy atom. The maximum Gasteiger partial charge on any atom is 0.257 e. The molecule has 2 aliphatic carbocycles. The zero-order valence-electron chi connectivity index (χ0n) is 12.1. The molecule has 2 fully saturated rings. The van der Waals surface area contributed by atoms with Crippen LogP contribution in [0.2, 0.25) is 0 Å². The van der Waals surface area contributed by atoms with E-state index in [1.807, 2.05) is 30.3 Å². The number of halogens is 2. The van der Waals surface area contributed by atoms with Gasteiger partial charge in [0.1, 0.15) is 0 Å². The van der Waals surface area contributed by atoms with Crippen molar-refractivity contribution in [2.24, 2.45) is 5.92 Å². The van der Waals surface area contributed by atoms with E-state index >= 15 is 0 Å². The second kappa shape index (κ2) is 5.46. The van der Waals surface area contributed by atoms with Crippen molar-refractivity contribution in [3.8, 4) is 0 Å². The van der Waals surface area contributed by atoms with E-state index in [2.05, 4.69) is 0 Å². The lowest BCUT2D eigenvalue weighted by Crippen LogP contribution is -2.53. The highest BCUT2D eigenvalue weighted by Gasteiger charge is 2.59. The lowest BCUT2D eigenvalue weighted by atomic mass is 9.56. The third-order valence-corrected chi connectivity index (χ3v) is 5.56. The van der Waals surface area contributed by atoms with Crippen molar-refractivity contribution in [2.45, 2.75) is 69.1 Å². The van der Waals surface area contributed by atoms with Crippen LogP contribution in [0, 0.1) is 5.92 Å². The largest absolute Gasteiger partial charge is 0.257 e. The zero-order valence-corrected chi connectivity index (χ0v) is 12.1. The van der Waals surface area contributed by atoms with Crippen molar-refractivity contribution >= 4 is 0 Å². The van der Waals surface area contributed by atoms with Crippen molar-refractivity contribution in [1.82, 2.24) is 0 Å². The molecular weight excluding hydrogens is 254 g/mol. The number of benzene rings is 1. The molecule has 1 unspecified atom stereocenters. The summed E-state index contributed by atoms with van der Waals surface area (Å²) in [4.78, 5) is 0. The molecule has 1 aromatic rings. The van der Waals surface area contributed by atoms with Crippen molar-refractivity contribution < 1.29 is 8.78 Å². The van der Waals surface area contributed by atoms with Crippen molar-refractivity contribution in [3.63, 3.8) is 0 Å². The minimum absolute atomic E-state index is 0.0679. The van der Waals surface area contributed by atoms with E-state index in [0.717, 1.165) is 37.7 Å². The van der Waals surface area contributed by atoms with E-state index < -0.39 is 11.3 Å². The summed E-state index contributed by atoms with van der Waals surface area (Å²) in [5.74, 6) is -2.39. The lowest BCUT2D eigenvalue weighted by molar-refractivity contribution is -0.136. The third kappa shape index (κ3) is 2.17. The van der Waals surface area contributed by atoms with Gasteiger partial charge in [0.25, 0.3) is 5.92 Å². The molecule has 0 aromatic heterocycles. The van der Waals surface area contributed by atoms with Crippen molar-refractivity contribution in [1.29, 1.82) is 0 Å². The molecular formula is C18H24F2. The van der Waals surface area contributed by atoms with Gasteiger partial charge in [-0.1, -0.05) is 56.0 Å². The Bertz CT molecular complexity index is 434. The first kappa shape index (κ1) is 14.0. The molecule has 0 saturated heterocycles. The quantitative estimate of drug-likeness (QED) is 0.649. The van der Waals surface area contributed by atoms with Crippen LogP contribution in [-0.4, -0.2) is 5.92 Å². The molecule has 0 N–H and O–H groups in total. The Hall–Kier alpha value is -0.920. The highest BCUT2D eigenvalue weighted by molar-refractivity contribution is 5.31. The smallest absolute Gasteiger partial charge is 0.206 e. The molecule has 1 atom stereocenters. The molecule has 0 spiro atoms. The maximum absolute atomic E-state index is 15.0. The maximum atomic E-state index is 15.0. The predicted molar refractivity (Wildman–Crippen MR) is 78.1 cm³/mol. The second-order valence-electron chi connectivity index (χ2n) is 6.58. The monoisotopic (exact) mass is 278 g/mol. The van der Waals surface area contributed by atoms with Crippen LogP contribution in [-0.2, 0) is 5.41 Å². The van der Waals surface area contributed by atoms with E-state index in [1.54, 1.807) is 0 Å². The lowest BCUT2D eigenvalue weighted by Gasteiger charge is -2.50. The van der Waals surface area contributed by atoms with Crippen molar-refractivity contribution in [2.75, 3.05) is 0 Å². The molecule has 2 heteroatoms. The number of alkyl halides is 2. The molecule has 1 aromatic carbocycles. The summed E-state index contributed by atoms with van der Waals surface area (Å²) in [7, 11) is 0. The molecule has 0 bridgehead atoms. The van der Waals surface area contributed by atoms with E-state index in [4.69, 9.17) is 0 Å². The molecule has 20 heavy (non-hydrogen) atoms. The van der Waals surface area contributed by atoms with Crippen molar-refractivity contribution in [3.05, 3.63) is 35.9 Å². The van der Waals surface area contributed by atoms with Gasteiger partial charge in [0.15, 0.2) is 0 Å². The Morgan fingerprint density at radius 1 is 0.800 bits per heavy atom. The second-order valence-corrected chi connectivity index (χ2v) is 6.58. The molecule has 3 rings (SSSR count). The molecule has 0 amide bonds. The fraction of sp³-hybridized carbons (Fsp3) is 0.667. The molecule has 2 aliphatic rings. The first-order valence-corrected chi connectivity index (χ1v) is 8.10. The van der Waals surface area contributed by atoms with Gasteiger partial charge in [-0.3, -0.25) is 0 Å². The minimum atomic E-state index is -2.55. The van der Waals surface area contributed by atoms with Gasteiger partial charge in [0.05, 0.1) is 5.41 Å². The SMILES string of the molecule is FC1(F)CCCCC1(c1ccccc1)C1CCCCC1. The van der Waals surface area contributed by atoms with Gasteiger partial charge in [-0.25, -0.2) is 8.78 Å². The summed E-state index contributed by atoms with van der Waals surface area (Å²) in [5.41, 5.74) is -0.0102. The summed E-state index contributed by atoms with van der Waals surface area (Å²) in [6, 6.07) is 9.65. The zero-order chi connectivity index (χ0) is 14.1. The van der Waals surface area contributed by atoms with Gasteiger partial charge >= 0.3 is 0 Å². The van der Waals surface area contributed by atoms with E-state index in [0.29, 0.717) is 12.8 Å². The Balaban J connectivity index is 2.06. The summed E-state index contributed by atoms with van der Waals surface area (Å²) < 4.78 is 30.0. The standard InChI is InChI=1S/C18H24F2/c19-18(20)14-8-7-13-17(18,15-9-3-1-4-10-15)16-11-5-2-6-12-16/h1,3-4,9-10,16H,2,5-8,11-14H2. The molecule has 0 radical (unpaired) electrons. The van der Waals surface area contributed by atoms with Gasteiger partial charge in [-0.2, -0.15) is 0 Å². The topological polar surface area (TPSA) is 0 Å². The van der Waals surface area contributed by atoms with Gasteiger partial charge < -0.3 is 0 Å². The van der Waals surface area contributed by atoms with Gasteiger partial charge in [-0.05, 0) is 37.2 Å². The normalized spacial score (nSPS) is 31.1. The molecule has 0 nitrogen and oxygen atoms in total. The number of rotatable bonds is 2. The van der Waals surface area contributed by atoms with Crippen LogP contribution in [0.3, 0.4) is 0 Å². The highest BCUT2D eigenvalue weighted by atomic mass is 19.3. The average Bonchev–Trinajstić information content (AvgIpc) is 2.49. The van der Waals surface area contributed by atoms with Crippen LogP contribution in [0.5, 0.6) is 0 Å². The van der Waals surface area contributed by atoms with Crippen LogP contribution < -0.4 is 0 Å².